The highest BCUT2D eigenvalue weighted by atomic mass is 35.5. The standard InChI is InChI=1S/C34H31Cl2N5O3/c1-38(33(42)24-8-11-28(35)29(36)19-24)26-9-13-32(37-21-26)44-27-10-12-30-25(18-27)20-31(39(30)2)34(43)41-16-14-40(15-17-41)22-23-6-4-3-5-7-23/h3-13,18-21H,14-17,22H2,1-2H3. The molecule has 3 aromatic carbocycles. The number of nitrogens with zero attached hydrogens (tertiary/aromatic N) is 5. The quantitative estimate of drug-likeness (QED) is 0.196. The minimum absolute atomic E-state index is 0.0299. The number of hydrogen-bond acceptors (Lipinski definition) is 5. The van der Waals surface area contributed by atoms with Gasteiger partial charge in [0.25, 0.3) is 11.8 Å². The summed E-state index contributed by atoms with van der Waals surface area (Å²) in [6.45, 7) is 3.96. The molecule has 1 aliphatic rings. The summed E-state index contributed by atoms with van der Waals surface area (Å²) in [5.74, 6) is 0.761. The molecule has 224 valence electrons. The van der Waals surface area contributed by atoms with Crippen molar-refractivity contribution >= 4 is 51.6 Å². The van der Waals surface area contributed by atoms with Gasteiger partial charge < -0.3 is 19.1 Å². The molecule has 10 heteroatoms. The molecule has 0 saturated carbocycles. The Morgan fingerprint density at radius 2 is 1.66 bits per heavy atom. The van der Waals surface area contributed by atoms with Gasteiger partial charge in [-0.25, -0.2) is 4.98 Å². The lowest BCUT2D eigenvalue weighted by Gasteiger charge is -2.34. The van der Waals surface area contributed by atoms with E-state index in [1.807, 2.05) is 46.8 Å². The molecule has 5 aromatic rings. The summed E-state index contributed by atoms with van der Waals surface area (Å²) in [5.41, 5.74) is 3.88. The van der Waals surface area contributed by atoms with E-state index in [1.54, 1.807) is 43.6 Å². The number of hydrogen-bond donors (Lipinski definition) is 0. The third-order valence-corrected chi connectivity index (χ3v) is 8.68. The van der Waals surface area contributed by atoms with Crippen molar-refractivity contribution in [2.24, 2.45) is 7.05 Å². The molecule has 0 bridgehead atoms. The molecule has 0 spiro atoms. The third-order valence-electron chi connectivity index (χ3n) is 7.94. The number of amides is 2. The van der Waals surface area contributed by atoms with Gasteiger partial charge in [0.05, 0.1) is 21.9 Å². The van der Waals surface area contributed by atoms with Gasteiger partial charge in [-0.3, -0.25) is 14.5 Å². The van der Waals surface area contributed by atoms with Crippen molar-refractivity contribution in [1.82, 2.24) is 19.4 Å². The smallest absolute Gasteiger partial charge is 0.270 e. The number of pyridine rings is 1. The maximum absolute atomic E-state index is 13.5. The number of carbonyl (C=O) groups is 2. The monoisotopic (exact) mass is 627 g/mol. The van der Waals surface area contributed by atoms with Crippen molar-refractivity contribution in [1.29, 1.82) is 0 Å². The number of ether oxygens (including phenoxy) is 1. The average molecular weight is 629 g/mol. The fourth-order valence-corrected chi connectivity index (χ4v) is 5.70. The van der Waals surface area contributed by atoms with Crippen LogP contribution in [0.3, 0.4) is 0 Å². The summed E-state index contributed by atoms with van der Waals surface area (Å²) in [6.07, 6.45) is 1.57. The van der Waals surface area contributed by atoms with E-state index < -0.39 is 0 Å². The van der Waals surface area contributed by atoms with Gasteiger partial charge in [0.15, 0.2) is 0 Å². The first-order chi connectivity index (χ1) is 21.3. The zero-order valence-corrected chi connectivity index (χ0v) is 25.9. The topological polar surface area (TPSA) is 70.9 Å². The Labute approximate surface area is 266 Å². The fourth-order valence-electron chi connectivity index (χ4n) is 5.40. The Morgan fingerprint density at radius 3 is 2.36 bits per heavy atom. The molecule has 2 amide bonds. The van der Waals surface area contributed by atoms with Crippen molar-refractivity contribution in [3.05, 3.63) is 118 Å². The molecule has 1 aliphatic heterocycles. The Kier molecular flexibility index (Phi) is 8.57. The molecule has 44 heavy (non-hydrogen) atoms. The maximum atomic E-state index is 13.5. The molecule has 8 nitrogen and oxygen atoms in total. The minimum Gasteiger partial charge on any atom is -0.439 e. The van der Waals surface area contributed by atoms with E-state index in [1.165, 1.54) is 10.5 Å². The highest BCUT2D eigenvalue weighted by molar-refractivity contribution is 6.42. The number of aromatic nitrogens is 2. The third kappa shape index (κ3) is 6.28. The molecular weight excluding hydrogens is 597 g/mol. The van der Waals surface area contributed by atoms with Gasteiger partial charge in [-0.05, 0) is 54.1 Å². The van der Waals surface area contributed by atoms with E-state index in [-0.39, 0.29) is 11.8 Å². The van der Waals surface area contributed by atoms with E-state index in [0.29, 0.717) is 51.7 Å². The number of halogens is 2. The van der Waals surface area contributed by atoms with Crippen molar-refractivity contribution in [2.45, 2.75) is 6.54 Å². The molecule has 2 aromatic heterocycles. The van der Waals surface area contributed by atoms with Crippen LogP contribution in [-0.2, 0) is 13.6 Å². The summed E-state index contributed by atoms with van der Waals surface area (Å²) >= 11 is 12.1. The first-order valence-corrected chi connectivity index (χ1v) is 15.0. The number of fused-ring (bicyclic) bond motifs is 1. The lowest BCUT2D eigenvalue weighted by atomic mass is 10.2. The summed E-state index contributed by atoms with van der Waals surface area (Å²) in [4.78, 5) is 36.6. The van der Waals surface area contributed by atoms with E-state index in [0.717, 1.165) is 30.5 Å². The van der Waals surface area contributed by atoms with Crippen LogP contribution in [0.25, 0.3) is 10.9 Å². The molecule has 0 aliphatic carbocycles. The highest BCUT2D eigenvalue weighted by Gasteiger charge is 2.25. The van der Waals surface area contributed by atoms with Crippen LogP contribution in [-0.4, -0.2) is 64.4 Å². The Hall–Kier alpha value is -4.37. The van der Waals surface area contributed by atoms with Gasteiger partial charge in [0, 0.05) is 69.4 Å². The predicted molar refractivity (Wildman–Crippen MR) is 174 cm³/mol. The van der Waals surface area contributed by atoms with Gasteiger partial charge in [0.1, 0.15) is 11.4 Å². The van der Waals surface area contributed by atoms with Gasteiger partial charge in [-0.1, -0.05) is 53.5 Å². The largest absolute Gasteiger partial charge is 0.439 e. The van der Waals surface area contributed by atoms with Crippen LogP contribution in [0, 0.1) is 0 Å². The van der Waals surface area contributed by atoms with Crippen molar-refractivity contribution in [3.8, 4) is 11.6 Å². The van der Waals surface area contributed by atoms with E-state index in [9.17, 15) is 9.59 Å². The number of benzene rings is 3. The SMILES string of the molecule is CN(C(=O)c1ccc(Cl)c(Cl)c1)c1ccc(Oc2ccc3c(c2)cc(C(=O)N2CCN(Cc4ccccc4)CC2)n3C)nc1. The van der Waals surface area contributed by atoms with Gasteiger partial charge in [-0.15, -0.1) is 0 Å². The molecule has 1 fully saturated rings. The second-order valence-electron chi connectivity index (χ2n) is 10.8. The second kappa shape index (κ2) is 12.7. The molecule has 0 atom stereocenters. The molecule has 0 radical (unpaired) electrons. The molecule has 1 saturated heterocycles. The van der Waals surface area contributed by atoms with Crippen LogP contribution >= 0.6 is 23.2 Å². The predicted octanol–water partition coefficient (Wildman–Crippen LogP) is 6.91. The minimum atomic E-state index is -0.243. The lowest BCUT2D eigenvalue weighted by Crippen LogP contribution is -2.48. The zero-order valence-electron chi connectivity index (χ0n) is 24.4. The van der Waals surface area contributed by atoms with E-state index in [2.05, 4.69) is 34.1 Å². The first-order valence-electron chi connectivity index (χ1n) is 14.3. The summed E-state index contributed by atoms with van der Waals surface area (Å²) < 4.78 is 7.96. The molecule has 6 rings (SSSR count). The van der Waals surface area contributed by atoms with Crippen molar-refractivity contribution < 1.29 is 14.3 Å². The van der Waals surface area contributed by atoms with Crippen LogP contribution in [0.4, 0.5) is 5.69 Å². The summed E-state index contributed by atoms with van der Waals surface area (Å²) in [7, 11) is 3.58. The molecule has 3 heterocycles. The summed E-state index contributed by atoms with van der Waals surface area (Å²) in [6, 6.07) is 26.3. The van der Waals surface area contributed by atoms with Crippen LogP contribution in [0.2, 0.25) is 10.0 Å². The van der Waals surface area contributed by atoms with E-state index >= 15 is 0 Å². The number of aryl methyl sites for hydroxylation is 1. The van der Waals surface area contributed by atoms with Gasteiger partial charge >= 0.3 is 0 Å². The van der Waals surface area contributed by atoms with Crippen LogP contribution < -0.4 is 9.64 Å². The fraction of sp³-hybridized carbons (Fsp3) is 0.206. The highest BCUT2D eigenvalue weighted by Crippen LogP contribution is 2.29. The molecular formula is C34H31Cl2N5O3. The molecule has 0 unspecified atom stereocenters. The Morgan fingerprint density at radius 1 is 0.886 bits per heavy atom. The zero-order chi connectivity index (χ0) is 30.8. The van der Waals surface area contributed by atoms with Crippen LogP contribution in [0.15, 0.2) is 91.1 Å². The number of anilines is 1. The maximum Gasteiger partial charge on any atom is 0.270 e. The first kappa shape index (κ1) is 29.7. The Bertz CT molecular complexity index is 1820. The summed E-state index contributed by atoms with van der Waals surface area (Å²) in [5, 5.41) is 1.61. The number of carbonyl (C=O) groups excluding carboxylic acids is 2. The van der Waals surface area contributed by atoms with Gasteiger partial charge in [-0.2, -0.15) is 0 Å². The normalized spacial score (nSPS) is 13.7. The molecule has 0 N–H and O–H groups in total. The van der Waals surface area contributed by atoms with Gasteiger partial charge in [0.2, 0.25) is 5.88 Å². The lowest BCUT2D eigenvalue weighted by molar-refractivity contribution is 0.0619. The Balaban J connectivity index is 1.10. The van der Waals surface area contributed by atoms with Crippen LogP contribution in [0.5, 0.6) is 11.6 Å². The van der Waals surface area contributed by atoms with Crippen molar-refractivity contribution in [2.75, 3.05) is 38.1 Å². The average Bonchev–Trinajstić information content (AvgIpc) is 3.37. The second-order valence-corrected chi connectivity index (χ2v) is 11.6. The van der Waals surface area contributed by atoms with Crippen LogP contribution in [0.1, 0.15) is 26.4 Å². The van der Waals surface area contributed by atoms with E-state index in [4.69, 9.17) is 27.9 Å². The van der Waals surface area contributed by atoms with Crippen molar-refractivity contribution in [3.63, 3.8) is 0 Å². The number of piperazine rings is 1. The number of rotatable bonds is 7.